The van der Waals surface area contributed by atoms with Gasteiger partial charge in [-0.3, -0.25) is 4.79 Å². The lowest BCUT2D eigenvalue weighted by molar-refractivity contribution is -0.143. The predicted octanol–water partition coefficient (Wildman–Crippen LogP) is 1.22. The van der Waals surface area contributed by atoms with E-state index in [1.165, 1.54) is 0 Å². The van der Waals surface area contributed by atoms with Crippen molar-refractivity contribution in [2.75, 3.05) is 0 Å². The molecule has 0 aromatic heterocycles. The summed E-state index contributed by atoms with van der Waals surface area (Å²) in [6, 6.07) is 0. The number of carboxylic acids is 1. The largest absolute Gasteiger partial charge is 0.480 e. The van der Waals surface area contributed by atoms with Gasteiger partial charge < -0.3 is 10.8 Å². The van der Waals surface area contributed by atoms with Crippen molar-refractivity contribution >= 4 is 5.97 Å². The van der Waals surface area contributed by atoms with E-state index in [1.807, 2.05) is 13.8 Å². The van der Waals surface area contributed by atoms with Crippen molar-refractivity contribution in [1.82, 2.24) is 0 Å². The summed E-state index contributed by atoms with van der Waals surface area (Å²) in [5.74, 6) is -0.543. The standard InChI is InChI=1S/C8H17NO2/c1-4-6(2)5-8(3,9)7(10)11/h6H,4-5,9H2,1-3H3,(H,10,11)/t6-,8+/m1/s1. The molecule has 3 N–H and O–H groups in total. The van der Waals surface area contributed by atoms with Crippen LogP contribution in [0, 0.1) is 5.92 Å². The lowest BCUT2D eigenvalue weighted by atomic mass is 9.90. The molecule has 0 saturated heterocycles. The summed E-state index contributed by atoms with van der Waals surface area (Å²) < 4.78 is 0. The number of hydrogen-bond donors (Lipinski definition) is 2. The topological polar surface area (TPSA) is 63.3 Å². The van der Waals surface area contributed by atoms with Gasteiger partial charge in [0.25, 0.3) is 0 Å². The summed E-state index contributed by atoms with van der Waals surface area (Å²) >= 11 is 0. The molecular formula is C8H17NO2. The van der Waals surface area contributed by atoms with Gasteiger partial charge in [0.15, 0.2) is 0 Å². The molecule has 0 heterocycles. The molecular weight excluding hydrogens is 142 g/mol. The smallest absolute Gasteiger partial charge is 0.323 e. The second kappa shape index (κ2) is 3.72. The molecule has 0 aliphatic carbocycles. The lowest BCUT2D eigenvalue weighted by Gasteiger charge is -2.22. The maximum absolute atomic E-state index is 10.5. The molecule has 0 spiro atoms. The molecule has 66 valence electrons. The maximum Gasteiger partial charge on any atom is 0.323 e. The van der Waals surface area contributed by atoms with Crippen molar-refractivity contribution in [1.29, 1.82) is 0 Å². The highest BCUT2D eigenvalue weighted by Gasteiger charge is 2.28. The molecule has 0 radical (unpaired) electrons. The number of rotatable bonds is 4. The summed E-state index contributed by atoms with van der Waals surface area (Å²) in [5.41, 5.74) is 4.48. The van der Waals surface area contributed by atoms with Gasteiger partial charge >= 0.3 is 5.97 Å². The quantitative estimate of drug-likeness (QED) is 0.648. The van der Waals surface area contributed by atoms with Crippen molar-refractivity contribution in [3.05, 3.63) is 0 Å². The van der Waals surface area contributed by atoms with Crippen LogP contribution in [0.1, 0.15) is 33.6 Å². The van der Waals surface area contributed by atoms with Crippen LogP contribution in [-0.4, -0.2) is 16.6 Å². The summed E-state index contributed by atoms with van der Waals surface area (Å²) in [6.45, 7) is 5.60. The van der Waals surface area contributed by atoms with E-state index >= 15 is 0 Å². The molecule has 0 aromatic carbocycles. The Hall–Kier alpha value is -0.570. The van der Waals surface area contributed by atoms with Crippen LogP contribution < -0.4 is 5.73 Å². The number of nitrogens with two attached hydrogens (primary N) is 1. The van der Waals surface area contributed by atoms with Crippen molar-refractivity contribution in [3.8, 4) is 0 Å². The number of carbonyl (C=O) groups is 1. The minimum Gasteiger partial charge on any atom is -0.480 e. The van der Waals surface area contributed by atoms with E-state index in [9.17, 15) is 4.79 Å². The Bertz CT molecular complexity index is 143. The Balaban J connectivity index is 4.01. The van der Waals surface area contributed by atoms with Crippen LogP contribution >= 0.6 is 0 Å². The number of hydrogen-bond acceptors (Lipinski definition) is 2. The van der Waals surface area contributed by atoms with Crippen LogP contribution in [0.5, 0.6) is 0 Å². The Morgan fingerprint density at radius 1 is 1.73 bits per heavy atom. The third kappa shape index (κ3) is 3.37. The summed E-state index contributed by atoms with van der Waals surface area (Å²) in [6.07, 6.45) is 1.51. The molecule has 11 heavy (non-hydrogen) atoms. The van der Waals surface area contributed by atoms with E-state index in [0.717, 1.165) is 6.42 Å². The van der Waals surface area contributed by atoms with E-state index in [1.54, 1.807) is 6.92 Å². The first-order chi connectivity index (χ1) is 4.90. The fourth-order valence-corrected chi connectivity index (χ4v) is 0.956. The highest BCUT2D eigenvalue weighted by atomic mass is 16.4. The second-order valence-corrected chi connectivity index (χ2v) is 3.44. The number of aliphatic carboxylic acids is 1. The van der Waals surface area contributed by atoms with Crippen LogP contribution in [0.3, 0.4) is 0 Å². The van der Waals surface area contributed by atoms with Crippen molar-refractivity contribution in [2.45, 2.75) is 39.2 Å². The highest BCUT2D eigenvalue weighted by molar-refractivity contribution is 5.77. The van der Waals surface area contributed by atoms with Crippen molar-refractivity contribution in [2.24, 2.45) is 11.7 Å². The van der Waals surface area contributed by atoms with Gasteiger partial charge in [0.2, 0.25) is 0 Å². The fourth-order valence-electron chi connectivity index (χ4n) is 0.956. The molecule has 2 atom stereocenters. The molecule has 0 saturated carbocycles. The second-order valence-electron chi connectivity index (χ2n) is 3.44. The SMILES string of the molecule is CC[C@@H](C)C[C@](C)(N)C(=O)O. The minimum atomic E-state index is -1.06. The van der Waals surface area contributed by atoms with Crippen LogP contribution in [0.4, 0.5) is 0 Å². The van der Waals surface area contributed by atoms with Crippen LogP contribution in [0.15, 0.2) is 0 Å². The van der Waals surface area contributed by atoms with E-state index in [-0.39, 0.29) is 0 Å². The predicted molar refractivity (Wildman–Crippen MR) is 44.3 cm³/mol. The highest BCUT2D eigenvalue weighted by Crippen LogP contribution is 2.16. The Labute approximate surface area is 67.6 Å². The molecule has 3 heteroatoms. The zero-order valence-corrected chi connectivity index (χ0v) is 7.42. The first-order valence-corrected chi connectivity index (χ1v) is 3.92. The van der Waals surface area contributed by atoms with Crippen LogP contribution in [-0.2, 0) is 4.79 Å². The third-order valence-electron chi connectivity index (χ3n) is 1.96. The third-order valence-corrected chi connectivity index (χ3v) is 1.96. The van der Waals surface area contributed by atoms with Gasteiger partial charge in [-0.1, -0.05) is 20.3 Å². The minimum absolute atomic E-state index is 0.376. The number of carboxylic acid groups (broad SMARTS) is 1. The lowest BCUT2D eigenvalue weighted by Crippen LogP contribution is -2.46. The molecule has 0 fully saturated rings. The molecule has 0 rings (SSSR count). The van der Waals surface area contributed by atoms with Gasteiger partial charge in [0, 0.05) is 0 Å². The zero-order chi connectivity index (χ0) is 9.07. The van der Waals surface area contributed by atoms with Crippen molar-refractivity contribution < 1.29 is 9.90 Å². The Morgan fingerprint density at radius 3 is 2.45 bits per heavy atom. The average molecular weight is 159 g/mol. The van der Waals surface area contributed by atoms with E-state index in [4.69, 9.17) is 10.8 Å². The molecule has 0 aromatic rings. The van der Waals surface area contributed by atoms with E-state index < -0.39 is 11.5 Å². The summed E-state index contributed by atoms with van der Waals surface area (Å²) in [5, 5.41) is 8.66. The summed E-state index contributed by atoms with van der Waals surface area (Å²) in [7, 11) is 0. The van der Waals surface area contributed by atoms with Gasteiger partial charge in [0.1, 0.15) is 5.54 Å². The average Bonchev–Trinajstić information content (AvgIpc) is 1.86. The van der Waals surface area contributed by atoms with Crippen LogP contribution in [0.25, 0.3) is 0 Å². The van der Waals surface area contributed by atoms with Gasteiger partial charge in [-0.05, 0) is 19.3 Å². The van der Waals surface area contributed by atoms with E-state index in [0.29, 0.717) is 12.3 Å². The normalized spacial score (nSPS) is 18.9. The molecule has 0 aliphatic rings. The van der Waals surface area contributed by atoms with Gasteiger partial charge in [-0.25, -0.2) is 0 Å². The van der Waals surface area contributed by atoms with E-state index in [2.05, 4.69) is 0 Å². The van der Waals surface area contributed by atoms with Gasteiger partial charge in [-0.2, -0.15) is 0 Å². The monoisotopic (exact) mass is 159 g/mol. The van der Waals surface area contributed by atoms with Gasteiger partial charge in [0.05, 0.1) is 0 Å². The Morgan fingerprint density at radius 2 is 2.18 bits per heavy atom. The van der Waals surface area contributed by atoms with Crippen molar-refractivity contribution in [3.63, 3.8) is 0 Å². The summed E-state index contributed by atoms with van der Waals surface area (Å²) in [4.78, 5) is 10.5. The molecule has 3 nitrogen and oxygen atoms in total. The van der Waals surface area contributed by atoms with Gasteiger partial charge in [-0.15, -0.1) is 0 Å². The fraction of sp³-hybridized carbons (Fsp3) is 0.875. The molecule has 0 bridgehead atoms. The van der Waals surface area contributed by atoms with Crippen LogP contribution in [0.2, 0.25) is 0 Å². The first kappa shape index (κ1) is 10.4. The molecule has 0 aliphatic heterocycles. The zero-order valence-electron chi connectivity index (χ0n) is 7.42. The molecule has 0 amide bonds. The first-order valence-electron chi connectivity index (χ1n) is 3.92. The maximum atomic E-state index is 10.5. The Kier molecular flexibility index (Phi) is 3.52. The molecule has 0 unspecified atom stereocenters.